The molecule has 18 heavy (non-hydrogen) atoms. The van der Waals surface area contributed by atoms with E-state index in [1.165, 1.54) is 0 Å². The van der Waals surface area contributed by atoms with Crippen LogP contribution >= 0.6 is 0 Å². The minimum absolute atomic E-state index is 0.0665. The van der Waals surface area contributed by atoms with Gasteiger partial charge in [-0.25, -0.2) is 0 Å². The third-order valence-corrected chi connectivity index (χ3v) is 2.35. The van der Waals surface area contributed by atoms with Gasteiger partial charge in [0.15, 0.2) is 5.82 Å². The van der Waals surface area contributed by atoms with Gasteiger partial charge in [0.05, 0.1) is 6.42 Å². The predicted molar refractivity (Wildman–Crippen MR) is 64.0 cm³/mol. The van der Waals surface area contributed by atoms with Crippen molar-refractivity contribution in [2.24, 2.45) is 5.41 Å². The maximum atomic E-state index is 10.7. The Hall–Kier alpha value is -1.43. The average molecular weight is 256 g/mol. The third kappa shape index (κ3) is 5.27. The summed E-state index contributed by atoms with van der Waals surface area (Å²) in [6, 6.07) is 0. The molecule has 1 rings (SSSR count). The Labute approximate surface area is 106 Å². The van der Waals surface area contributed by atoms with Crippen LogP contribution in [0.5, 0.6) is 0 Å². The van der Waals surface area contributed by atoms with E-state index in [-0.39, 0.29) is 6.42 Å². The van der Waals surface area contributed by atoms with E-state index in [4.69, 9.17) is 14.4 Å². The molecule has 0 aliphatic rings. The van der Waals surface area contributed by atoms with Crippen LogP contribution in [0.4, 0.5) is 0 Å². The van der Waals surface area contributed by atoms with Crippen LogP contribution in [-0.4, -0.2) is 27.8 Å². The fourth-order valence-electron chi connectivity index (χ4n) is 1.61. The Bertz CT molecular complexity index is 387. The summed E-state index contributed by atoms with van der Waals surface area (Å²) in [5.74, 6) is 0.131. The molecule has 0 saturated heterocycles. The molecule has 102 valence electrons. The van der Waals surface area contributed by atoms with Gasteiger partial charge >= 0.3 is 5.97 Å². The van der Waals surface area contributed by atoms with Gasteiger partial charge in [-0.3, -0.25) is 4.79 Å². The molecule has 1 N–H and O–H groups in total. The van der Waals surface area contributed by atoms with Crippen LogP contribution in [0.3, 0.4) is 0 Å². The number of hydrogen-bond acceptors (Lipinski definition) is 5. The zero-order valence-corrected chi connectivity index (χ0v) is 11.1. The Morgan fingerprint density at radius 2 is 2.22 bits per heavy atom. The Kier molecular flexibility index (Phi) is 5.27. The highest BCUT2D eigenvalue weighted by molar-refractivity contribution is 5.67. The molecule has 0 unspecified atom stereocenters. The molecule has 1 aromatic heterocycles. The number of nitrogens with zero attached hydrogens (tertiary/aromatic N) is 2. The average Bonchev–Trinajstić information content (AvgIpc) is 2.63. The summed E-state index contributed by atoms with van der Waals surface area (Å²) >= 11 is 0. The van der Waals surface area contributed by atoms with Crippen LogP contribution in [0.1, 0.15) is 45.3 Å². The predicted octanol–water partition coefficient (Wildman–Crippen LogP) is 2.04. The van der Waals surface area contributed by atoms with Crippen molar-refractivity contribution in [2.45, 2.75) is 46.6 Å². The van der Waals surface area contributed by atoms with Crippen molar-refractivity contribution in [3.05, 3.63) is 11.7 Å². The molecule has 0 spiro atoms. The summed E-state index contributed by atoms with van der Waals surface area (Å²) in [4.78, 5) is 14.9. The van der Waals surface area contributed by atoms with E-state index in [1.54, 1.807) is 0 Å². The lowest BCUT2D eigenvalue weighted by molar-refractivity contribution is -0.139. The third-order valence-electron chi connectivity index (χ3n) is 2.35. The number of aromatic nitrogens is 2. The molecule has 0 aliphatic heterocycles. The molecule has 0 atom stereocenters. The highest BCUT2D eigenvalue weighted by Gasteiger charge is 2.25. The largest absolute Gasteiger partial charge is 0.481 e. The summed E-state index contributed by atoms with van der Waals surface area (Å²) in [5, 5.41) is 12.6. The van der Waals surface area contributed by atoms with Crippen molar-refractivity contribution < 1.29 is 19.2 Å². The molecule has 0 aromatic carbocycles. The van der Waals surface area contributed by atoms with Crippen LogP contribution in [0, 0.1) is 5.41 Å². The first-order valence-corrected chi connectivity index (χ1v) is 6.04. The molecule has 6 nitrogen and oxygen atoms in total. The van der Waals surface area contributed by atoms with Gasteiger partial charge in [-0.05, 0) is 11.8 Å². The van der Waals surface area contributed by atoms with Gasteiger partial charge in [-0.1, -0.05) is 25.9 Å². The fraction of sp³-hybridized carbons (Fsp3) is 0.750. The lowest BCUT2D eigenvalue weighted by atomic mass is 9.86. The van der Waals surface area contributed by atoms with Crippen molar-refractivity contribution in [1.29, 1.82) is 0 Å². The van der Waals surface area contributed by atoms with Crippen molar-refractivity contribution in [3.63, 3.8) is 0 Å². The summed E-state index contributed by atoms with van der Waals surface area (Å²) in [6.45, 7) is 6.73. The number of ether oxygens (including phenoxy) is 1. The van der Waals surface area contributed by atoms with Gasteiger partial charge in [0.2, 0.25) is 5.89 Å². The number of aliphatic carboxylic acids is 1. The zero-order chi connectivity index (χ0) is 13.6. The van der Waals surface area contributed by atoms with E-state index < -0.39 is 11.4 Å². The van der Waals surface area contributed by atoms with E-state index in [1.807, 2.05) is 20.8 Å². The molecule has 1 aromatic rings. The second kappa shape index (κ2) is 6.49. The highest BCUT2D eigenvalue weighted by Crippen LogP contribution is 2.25. The molecule has 0 amide bonds. The van der Waals surface area contributed by atoms with E-state index in [2.05, 4.69) is 10.1 Å². The van der Waals surface area contributed by atoms with Crippen molar-refractivity contribution in [3.8, 4) is 0 Å². The second-order valence-corrected chi connectivity index (χ2v) is 5.07. The summed E-state index contributed by atoms with van der Waals surface area (Å²) in [5.41, 5.74) is -0.403. The van der Waals surface area contributed by atoms with E-state index in [0.29, 0.717) is 31.3 Å². The molecule has 0 aliphatic carbocycles. The highest BCUT2D eigenvalue weighted by atomic mass is 16.5. The number of carboxylic acid groups (broad SMARTS) is 1. The van der Waals surface area contributed by atoms with Crippen molar-refractivity contribution in [2.75, 3.05) is 6.61 Å². The van der Waals surface area contributed by atoms with Crippen LogP contribution in [-0.2, 0) is 22.6 Å². The van der Waals surface area contributed by atoms with Gasteiger partial charge < -0.3 is 14.4 Å². The van der Waals surface area contributed by atoms with E-state index >= 15 is 0 Å². The number of carbonyl (C=O) groups is 1. The van der Waals surface area contributed by atoms with Crippen LogP contribution in [0.2, 0.25) is 0 Å². The first-order chi connectivity index (χ1) is 8.43. The topological polar surface area (TPSA) is 85.5 Å². The van der Waals surface area contributed by atoms with Gasteiger partial charge in [-0.15, -0.1) is 0 Å². The van der Waals surface area contributed by atoms with Gasteiger partial charge in [0.25, 0.3) is 0 Å². The fourth-order valence-corrected chi connectivity index (χ4v) is 1.61. The Morgan fingerprint density at radius 3 is 2.83 bits per heavy atom. The first-order valence-electron chi connectivity index (χ1n) is 6.04. The Balaban J connectivity index is 2.50. The number of rotatable bonds is 8. The normalized spacial score (nSPS) is 11.7. The molecular formula is C12H20N2O4. The minimum atomic E-state index is -0.828. The molecule has 1 heterocycles. The SMILES string of the molecule is CCCOCc1noc(CC(C)(C)CC(=O)O)n1. The molecule has 0 bridgehead atoms. The summed E-state index contributed by atoms with van der Waals surface area (Å²) in [6.07, 6.45) is 1.45. The van der Waals surface area contributed by atoms with Crippen molar-refractivity contribution in [1.82, 2.24) is 10.1 Å². The van der Waals surface area contributed by atoms with Crippen LogP contribution < -0.4 is 0 Å². The Morgan fingerprint density at radius 1 is 1.50 bits per heavy atom. The maximum absolute atomic E-state index is 10.7. The smallest absolute Gasteiger partial charge is 0.303 e. The van der Waals surface area contributed by atoms with Gasteiger partial charge in [-0.2, -0.15) is 4.98 Å². The summed E-state index contributed by atoms with van der Waals surface area (Å²) < 4.78 is 10.4. The zero-order valence-electron chi connectivity index (χ0n) is 11.1. The number of carboxylic acids is 1. The summed E-state index contributed by atoms with van der Waals surface area (Å²) in [7, 11) is 0. The van der Waals surface area contributed by atoms with E-state index in [9.17, 15) is 4.79 Å². The van der Waals surface area contributed by atoms with Gasteiger partial charge in [0.1, 0.15) is 6.61 Å². The minimum Gasteiger partial charge on any atom is -0.481 e. The lowest BCUT2D eigenvalue weighted by Gasteiger charge is -2.19. The number of hydrogen-bond donors (Lipinski definition) is 1. The first kappa shape index (κ1) is 14.6. The quantitative estimate of drug-likeness (QED) is 0.716. The maximum Gasteiger partial charge on any atom is 0.303 e. The molecule has 0 radical (unpaired) electrons. The molecular weight excluding hydrogens is 236 g/mol. The lowest BCUT2D eigenvalue weighted by Crippen LogP contribution is -2.19. The standard InChI is InChI=1S/C12H20N2O4/c1-4-5-17-8-9-13-10(18-14-9)6-12(2,3)7-11(15)16/h4-8H2,1-3H3,(H,15,16). The van der Waals surface area contributed by atoms with Crippen LogP contribution in [0.25, 0.3) is 0 Å². The molecule has 0 fully saturated rings. The van der Waals surface area contributed by atoms with Crippen molar-refractivity contribution >= 4 is 5.97 Å². The van der Waals surface area contributed by atoms with Crippen LogP contribution in [0.15, 0.2) is 4.52 Å². The van der Waals surface area contributed by atoms with Gasteiger partial charge in [0, 0.05) is 13.0 Å². The van der Waals surface area contributed by atoms with E-state index in [0.717, 1.165) is 6.42 Å². The monoisotopic (exact) mass is 256 g/mol. The second-order valence-electron chi connectivity index (χ2n) is 5.07. The molecule has 0 saturated carbocycles. The molecule has 6 heteroatoms.